The Morgan fingerprint density at radius 3 is 2.00 bits per heavy atom. The van der Waals surface area contributed by atoms with Gasteiger partial charge in [0, 0.05) is 6.54 Å². The molecule has 2 rings (SSSR count). The Labute approximate surface area is 131 Å². The number of primary amides is 1. The molecule has 0 unspecified atom stereocenters. The molecule has 0 fully saturated rings. The Morgan fingerprint density at radius 2 is 1.55 bits per heavy atom. The van der Waals surface area contributed by atoms with E-state index in [4.69, 9.17) is 10.5 Å². The van der Waals surface area contributed by atoms with Gasteiger partial charge in [-0.2, -0.15) is 0 Å². The number of carbonyl (C=O) groups excluding carboxylic acids is 1. The first kappa shape index (κ1) is 16.2. The summed E-state index contributed by atoms with van der Waals surface area (Å²) >= 11 is 0. The molecule has 2 aromatic rings. The van der Waals surface area contributed by atoms with Gasteiger partial charge in [0.2, 0.25) is 5.91 Å². The van der Waals surface area contributed by atoms with Crippen molar-refractivity contribution in [3.8, 4) is 0 Å². The van der Waals surface area contributed by atoms with Crippen molar-refractivity contribution in [2.24, 2.45) is 5.73 Å². The standard InChI is InChI=1S/C18H22N2O2/c1-20(14-17(19)21)12-13-22-18(15-8-4-2-5-9-15)16-10-6-3-7-11-16/h2-11,18H,12-14H2,1H3,(H2,19,21). The molecule has 0 heterocycles. The monoisotopic (exact) mass is 298 g/mol. The average Bonchev–Trinajstić information content (AvgIpc) is 2.52. The van der Waals surface area contributed by atoms with E-state index >= 15 is 0 Å². The Bertz CT molecular complexity index is 533. The Balaban J connectivity index is 2.02. The molecule has 0 spiro atoms. The first-order valence-electron chi connectivity index (χ1n) is 7.35. The number of carbonyl (C=O) groups is 1. The molecule has 0 bridgehead atoms. The lowest BCUT2D eigenvalue weighted by molar-refractivity contribution is -0.119. The highest BCUT2D eigenvalue weighted by Crippen LogP contribution is 2.25. The van der Waals surface area contributed by atoms with E-state index < -0.39 is 0 Å². The minimum Gasteiger partial charge on any atom is -0.369 e. The van der Waals surface area contributed by atoms with Gasteiger partial charge in [-0.25, -0.2) is 0 Å². The molecule has 0 aliphatic rings. The third-order valence-corrected chi connectivity index (χ3v) is 3.39. The number of amides is 1. The summed E-state index contributed by atoms with van der Waals surface area (Å²) in [5.74, 6) is -0.329. The van der Waals surface area contributed by atoms with E-state index in [-0.39, 0.29) is 18.6 Å². The van der Waals surface area contributed by atoms with E-state index in [0.29, 0.717) is 13.2 Å². The third kappa shape index (κ3) is 4.98. The van der Waals surface area contributed by atoms with E-state index in [9.17, 15) is 4.79 Å². The molecule has 2 aromatic carbocycles. The second kappa shape index (κ2) is 8.32. The molecule has 4 heteroatoms. The molecule has 22 heavy (non-hydrogen) atoms. The lowest BCUT2D eigenvalue weighted by Gasteiger charge is -2.21. The van der Waals surface area contributed by atoms with Gasteiger partial charge in [-0.05, 0) is 18.2 Å². The molecular formula is C18H22N2O2. The second-order valence-corrected chi connectivity index (χ2v) is 5.28. The smallest absolute Gasteiger partial charge is 0.231 e. The third-order valence-electron chi connectivity index (χ3n) is 3.39. The number of likely N-dealkylation sites (N-methyl/N-ethyl adjacent to an activating group) is 1. The Morgan fingerprint density at radius 1 is 1.05 bits per heavy atom. The fourth-order valence-corrected chi connectivity index (χ4v) is 2.31. The first-order valence-corrected chi connectivity index (χ1v) is 7.35. The molecule has 116 valence electrons. The fraction of sp³-hybridized carbons (Fsp3) is 0.278. The second-order valence-electron chi connectivity index (χ2n) is 5.28. The highest BCUT2D eigenvalue weighted by molar-refractivity contribution is 5.75. The van der Waals surface area contributed by atoms with E-state index in [2.05, 4.69) is 24.3 Å². The normalized spacial score (nSPS) is 11.0. The highest BCUT2D eigenvalue weighted by atomic mass is 16.5. The number of nitrogens with two attached hydrogens (primary N) is 1. The fourth-order valence-electron chi connectivity index (χ4n) is 2.31. The van der Waals surface area contributed by atoms with E-state index in [1.54, 1.807) is 0 Å². The van der Waals surface area contributed by atoms with Crippen molar-refractivity contribution in [3.05, 3.63) is 71.8 Å². The molecule has 0 aliphatic carbocycles. The van der Waals surface area contributed by atoms with Crippen LogP contribution < -0.4 is 5.73 Å². The minimum atomic E-state index is -0.329. The zero-order valence-electron chi connectivity index (χ0n) is 12.8. The minimum absolute atomic E-state index is 0.107. The maximum atomic E-state index is 10.9. The van der Waals surface area contributed by atoms with E-state index in [0.717, 1.165) is 11.1 Å². The zero-order chi connectivity index (χ0) is 15.8. The summed E-state index contributed by atoms with van der Waals surface area (Å²) in [5.41, 5.74) is 7.42. The Hall–Kier alpha value is -2.17. The summed E-state index contributed by atoms with van der Waals surface area (Å²) in [7, 11) is 1.86. The molecule has 0 radical (unpaired) electrons. The van der Waals surface area contributed by atoms with Crippen LogP contribution in [0.4, 0.5) is 0 Å². The first-order chi connectivity index (χ1) is 10.7. The summed E-state index contributed by atoms with van der Waals surface area (Å²) < 4.78 is 6.07. The maximum Gasteiger partial charge on any atom is 0.231 e. The van der Waals surface area contributed by atoms with Gasteiger partial charge in [-0.15, -0.1) is 0 Å². The van der Waals surface area contributed by atoms with Gasteiger partial charge in [-0.3, -0.25) is 9.69 Å². The van der Waals surface area contributed by atoms with Crippen LogP contribution in [0.25, 0.3) is 0 Å². The van der Waals surface area contributed by atoms with Crippen LogP contribution >= 0.6 is 0 Å². The van der Waals surface area contributed by atoms with Crippen molar-refractivity contribution in [2.75, 3.05) is 26.7 Å². The molecule has 0 saturated carbocycles. The van der Waals surface area contributed by atoms with Crippen molar-refractivity contribution in [2.45, 2.75) is 6.10 Å². The molecule has 0 saturated heterocycles. The summed E-state index contributed by atoms with van der Waals surface area (Å²) in [6.45, 7) is 1.42. The summed E-state index contributed by atoms with van der Waals surface area (Å²) in [6.07, 6.45) is -0.107. The molecule has 1 amide bonds. The molecule has 0 atom stereocenters. The summed E-state index contributed by atoms with van der Waals surface area (Å²) in [6, 6.07) is 20.3. The van der Waals surface area contributed by atoms with Crippen molar-refractivity contribution in [1.82, 2.24) is 4.90 Å². The topological polar surface area (TPSA) is 55.6 Å². The predicted molar refractivity (Wildman–Crippen MR) is 87.4 cm³/mol. The number of hydrogen-bond acceptors (Lipinski definition) is 3. The van der Waals surface area contributed by atoms with Gasteiger partial charge in [0.1, 0.15) is 6.10 Å². The Kier molecular flexibility index (Phi) is 6.13. The van der Waals surface area contributed by atoms with Crippen molar-refractivity contribution in [3.63, 3.8) is 0 Å². The molecule has 0 aliphatic heterocycles. The number of rotatable bonds is 8. The largest absolute Gasteiger partial charge is 0.369 e. The molecular weight excluding hydrogens is 276 g/mol. The van der Waals surface area contributed by atoms with E-state index in [1.807, 2.05) is 48.3 Å². The SMILES string of the molecule is CN(CCOC(c1ccccc1)c1ccccc1)CC(N)=O. The lowest BCUT2D eigenvalue weighted by Crippen LogP contribution is -2.33. The average molecular weight is 298 g/mol. The zero-order valence-corrected chi connectivity index (χ0v) is 12.8. The van der Waals surface area contributed by atoms with Crippen LogP contribution in [0, 0.1) is 0 Å². The highest BCUT2D eigenvalue weighted by Gasteiger charge is 2.14. The number of ether oxygens (including phenoxy) is 1. The van der Waals surface area contributed by atoms with Crippen LogP contribution in [-0.2, 0) is 9.53 Å². The van der Waals surface area contributed by atoms with Crippen molar-refractivity contribution in [1.29, 1.82) is 0 Å². The number of benzene rings is 2. The quantitative estimate of drug-likeness (QED) is 0.813. The van der Waals surface area contributed by atoms with Crippen LogP contribution in [0.15, 0.2) is 60.7 Å². The molecule has 0 aromatic heterocycles. The van der Waals surface area contributed by atoms with Gasteiger partial charge < -0.3 is 10.5 Å². The van der Waals surface area contributed by atoms with Gasteiger partial charge in [-0.1, -0.05) is 60.7 Å². The predicted octanol–water partition coefficient (Wildman–Crippen LogP) is 2.21. The van der Waals surface area contributed by atoms with Crippen LogP contribution in [0.1, 0.15) is 17.2 Å². The summed E-state index contributed by atoms with van der Waals surface area (Å²) in [4.78, 5) is 12.7. The van der Waals surface area contributed by atoms with Crippen LogP contribution in [-0.4, -0.2) is 37.6 Å². The van der Waals surface area contributed by atoms with Gasteiger partial charge in [0.05, 0.1) is 13.2 Å². The van der Waals surface area contributed by atoms with Crippen LogP contribution in [0.3, 0.4) is 0 Å². The summed E-state index contributed by atoms with van der Waals surface area (Å²) in [5, 5.41) is 0. The number of hydrogen-bond donors (Lipinski definition) is 1. The van der Waals surface area contributed by atoms with Gasteiger partial charge in [0.25, 0.3) is 0 Å². The van der Waals surface area contributed by atoms with Gasteiger partial charge in [0.15, 0.2) is 0 Å². The van der Waals surface area contributed by atoms with Crippen molar-refractivity contribution < 1.29 is 9.53 Å². The van der Waals surface area contributed by atoms with Crippen LogP contribution in [0.2, 0.25) is 0 Å². The van der Waals surface area contributed by atoms with Gasteiger partial charge >= 0.3 is 0 Å². The lowest BCUT2D eigenvalue weighted by atomic mass is 10.0. The van der Waals surface area contributed by atoms with E-state index in [1.165, 1.54) is 0 Å². The van der Waals surface area contributed by atoms with Crippen molar-refractivity contribution >= 4 is 5.91 Å². The van der Waals surface area contributed by atoms with Crippen LogP contribution in [0.5, 0.6) is 0 Å². The molecule has 2 N–H and O–H groups in total. The maximum absolute atomic E-state index is 10.9. The number of nitrogens with zero attached hydrogens (tertiary/aromatic N) is 1. The molecule has 4 nitrogen and oxygen atoms in total.